The molecule has 0 rings (SSSR count). The number of hydrogen-bond acceptors (Lipinski definition) is 5. The Hall–Kier alpha value is -1.38. The topological polar surface area (TPSA) is 61.8 Å². The molecule has 124 valence electrons. The molecular weight excluding hydrogens is 300 g/mol. The number of halogens is 4. The lowest BCUT2D eigenvalue weighted by atomic mass is 10.2. The molecular formula is C12H18F4O5. The molecule has 0 saturated heterocycles. The van der Waals surface area contributed by atoms with Crippen LogP contribution in [0.4, 0.5) is 17.6 Å². The van der Waals surface area contributed by atoms with Gasteiger partial charge in [-0.15, -0.1) is 0 Å². The van der Waals surface area contributed by atoms with Gasteiger partial charge in [0.1, 0.15) is 13.2 Å². The van der Waals surface area contributed by atoms with Crippen LogP contribution >= 0.6 is 0 Å². The zero-order chi connectivity index (χ0) is 16.7. The molecule has 0 unspecified atom stereocenters. The Balaban J connectivity index is 3.81. The highest BCUT2D eigenvalue weighted by atomic mass is 19.3. The summed E-state index contributed by atoms with van der Waals surface area (Å²) in [6.07, 6.45) is 0. The van der Waals surface area contributed by atoms with Crippen LogP contribution in [0, 0.1) is 5.92 Å². The van der Waals surface area contributed by atoms with Crippen molar-refractivity contribution in [1.29, 1.82) is 0 Å². The van der Waals surface area contributed by atoms with Crippen molar-refractivity contribution in [2.24, 2.45) is 5.92 Å². The number of esters is 2. The van der Waals surface area contributed by atoms with Gasteiger partial charge in [-0.1, -0.05) is 13.8 Å². The molecule has 0 spiro atoms. The zero-order valence-corrected chi connectivity index (χ0v) is 12.0. The third-order valence-electron chi connectivity index (χ3n) is 2.22. The molecule has 0 heterocycles. The standard InChI is InChI=1S/C12H18F4O5/c1-8(2)10(18)20-5-4-19-6-9(17)21-7-12(15,16)11(3,13)14/h8H,4-7H2,1-3H3. The van der Waals surface area contributed by atoms with Gasteiger partial charge in [-0.2, -0.15) is 8.78 Å². The van der Waals surface area contributed by atoms with E-state index in [4.69, 9.17) is 9.47 Å². The maximum atomic E-state index is 12.8. The van der Waals surface area contributed by atoms with E-state index >= 15 is 0 Å². The molecule has 0 aromatic rings. The number of carbonyl (C=O) groups excluding carboxylic acids is 2. The average molecular weight is 318 g/mol. The Morgan fingerprint density at radius 3 is 2.10 bits per heavy atom. The fraction of sp³-hybridized carbons (Fsp3) is 0.833. The van der Waals surface area contributed by atoms with Gasteiger partial charge in [0.25, 0.3) is 0 Å². The highest BCUT2D eigenvalue weighted by molar-refractivity contribution is 5.71. The highest BCUT2D eigenvalue weighted by Gasteiger charge is 2.53. The molecule has 0 aliphatic carbocycles. The summed E-state index contributed by atoms with van der Waals surface area (Å²) in [6.45, 7) is 0.585. The minimum absolute atomic E-state index is 0.0282. The van der Waals surface area contributed by atoms with Gasteiger partial charge in [-0.05, 0) is 0 Å². The van der Waals surface area contributed by atoms with E-state index in [1.165, 1.54) is 0 Å². The van der Waals surface area contributed by atoms with Crippen LogP contribution in [-0.2, 0) is 23.8 Å². The molecule has 0 amide bonds. The van der Waals surface area contributed by atoms with Crippen LogP contribution in [0.15, 0.2) is 0 Å². The molecule has 0 bridgehead atoms. The summed E-state index contributed by atoms with van der Waals surface area (Å²) in [5.41, 5.74) is 0. The average Bonchev–Trinajstić information content (AvgIpc) is 2.34. The Bertz CT molecular complexity index is 352. The van der Waals surface area contributed by atoms with Crippen molar-refractivity contribution in [3.05, 3.63) is 0 Å². The van der Waals surface area contributed by atoms with Gasteiger partial charge in [-0.3, -0.25) is 4.79 Å². The molecule has 0 radical (unpaired) electrons. The van der Waals surface area contributed by atoms with Crippen molar-refractivity contribution in [1.82, 2.24) is 0 Å². The lowest BCUT2D eigenvalue weighted by molar-refractivity contribution is -0.223. The van der Waals surface area contributed by atoms with E-state index in [0.29, 0.717) is 0 Å². The maximum Gasteiger partial charge on any atom is 0.343 e. The Morgan fingerprint density at radius 2 is 1.62 bits per heavy atom. The summed E-state index contributed by atoms with van der Waals surface area (Å²) in [5.74, 6) is -10.7. The Morgan fingerprint density at radius 1 is 1.05 bits per heavy atom. The van der Waals surface area contributed by atoms with Gasteiger partial charge < -0.3 is 14.2 Å². The van der Waals surface area contributed by atoms with E-state index in [2.05, 4.69) is 4.74 Å². The van der Waals surface area contributed by atoms with Crippen molar-refractivity contribution < 1.29 is 41.4 Å². The molecule has 0 aliphatic rings. The summed E-state index contributed by atoms with van der Waals surface area (Å²) in [4.78, 5) is 22.0. The lowest BCUT2D eigenvalue weighted by Crippen LogP contribution is -2.42. The molecule has 0 saturated carbocycles. The van der Waals surface area contributed by atoms with Crippen LogP contribution in [0.5, 0.6) is 0 Å². The van der Waals surface area contributed by atoms with Gasteiger partial charge in [0.2, 0.25) is 0 Å². The van der Waals surface area contributed by atoms with Crippen molar-refractivity contribution >= 4 is 11.9 Å². The molecule has 0 atom stereocenters. The van der Waals surface area contributed by atoms with Gasteiger partial charge in [-0.25, -0.2) is 13.6 Å². The molecule has 0 N–H and O–H groups in total. The van der Waals surface area contributed by atoms with Gasteiger partial charge in [0.15, 0.2) is 6.61 Å². The number of carbonyl (C=O) groups is 2. The smallest absolute Gasteiger partial charge is 0.343 e. The van der Waals surface area contributed by atoms with Gasteiger partial charge >= 0.3 is 23.8 Å². The second kappa shape index (κ2) is 8.16. The first-order chi connectivity index (χ1) is 9.47. The first-order valence-corrected chi connectivity index (χ1v) is 6.13. The SMILES string of the molecule is CC(C)C(=O)OCCOCC(=O)OCC(F)(F)C(C)(F)F. The summed E-state index contributed by atoms with van der Waals surface area (Å²) < 4.78 is 63.8. The third kappa shape index (κ3) is 7.84. The summed E-state index contributed by atoms with van der Waals surface area (Å²) in [7, 11) is 0. The molecule has 0 aromatic heterocycles. The van der Waals surface area contributed by atoms with E-state index in [0.717, 1.165) is 0 Å². The molecule has 21 heavy (non-hydrogen) atoms. The first kappa shape index (κ1) is 19.6. The minimum atomic E-state index is -4.45. The zero-order valence-electron chi connectivity index (χ0n) is 12.0. The predicted molar refractivity (Wildman–Crippen MR) is 63.1 cm³/mol. The second-order valence-electron chi connectivity index (χ2n) is 4.63. The molecule has 0 aliphatic heterocycles. The number of ether oxygens (including phenoxy) is 3. The third-order valence-corrected chi connectivity index (χ3v) is 2.22. The van der Waals surface area contributed by atoms with E-state index in [-0.39, 0.29) is 26.1 Å². The molecule has 0 aromatic carbocycles. The Kier molecular flexibility index (Phi) is 7.62. The fourth-order valence-electron chi connectivity index (χ4n) is 0.863. The minimum Gasteiger partial charge on any atom is -0.463 e. The largest absolute Gasteiger partial charge is 0.463 e. The van der Waals surface area contributed by atoms with Crippen molar-refractivity contribution in [2.75, 3.05) is 26.4 Å². The van der Waals surface area contributed by atoms with Gasteiger partial charge in [0.05, 0.1) is 12.5 Å². The molecule has 9 heteroatoms. The van der Waals surface area contributed by atoms with Crippen LogP contribution in [-0.4, -0.2) is 50.2 Å². The number of hydrogen-bond donors (Lipinski definition) is 0. The number of alkyl halides is 4. The Labute approximate surface area is 119 Å². The normalized spacial score (nSPS) is 12.4. The maximum absolute atomic E-state index is 12.8. The van der Waals surface area contributed by atoms with E-state index < -0.39 is 37.0 Å². The lowest BCUT2D eigenvalue weighted by Gasteiger charge is -2.22. The van der Waals surface area contributed by atoms with Crippen LogP contribution < -0.4 is 0 Å². The second-order valence-corrected chi connectivity index (χ2v) is 4.63. The van der Waals surface area contributed by atoms with E-state index in [9.17, 15) is 27.2 Å². The first-order valence-electron chi connectivity index (χ1n) is 6.13. The summed E-state index contributed by atoms with van der Waals surface area (Å²) in [6, 6.07) is 0. The predicted octanol–water partition coefficient (Wildman–Crippen LogP) is 2.04. The monoisotopic (exact) mass is 318 g/mol. The summed E-state index contributed by atoms with van der Waals surface area (Å²) in [5, 5.41) is 0. The summed E-state index contributed by atoms with van der Waals surface area (Å²) >= 11 is 0. The van der Waals surface area contributed by atoms with E-state index in [1.54, 1.807) is 13.8 Å². The van der Waals surface area contributed by atoms with Crippen molar-refractivity contribution in [3.63, 3.8) is 0 Å². The molecule has 0 fully saturated rings. The van der Waals surface area contributed by atoms with Crippen LogP contribution in [0.2, 0.25) is 0 Å². The molecule has 5 nitrogen and oxygen atoms in total. The quantitative estimate of drug-likeness (QED) is 0.370. The van der Waals surface area contributed by atoms with Crippen LogP contribution in [0.25, 0.3) is 0 Å². The van der Waals surface area contributed by atoms with Crippen LogP contribution in [0.3, 0.4) is 0 Å². The fourth-order valence-corrected chi connectivity index (χ4v) is 0.863. The van der Waals surface area contributed by atoms with Crippen molar-refractivity contribution in [2.45, 2.75) is 32.6 Å². The van der Waals surface area contributed by atoms with Crippen LogP contribution in [0.1, 0.15) is 20.8 Å². The van der Waals surface area contributed by atoms with Crippen molar-refractivity contribution in [3.8, 4) is 0 Å². The highest BCUT2D eigenvalue weighted by Crippen LogP contribution is 2.33. The van der Waals surface area contributed by atoms with E-state index in [1.807, 2.05) is 0 Å². The number of rotatable bonds is 9. The van der Waals surface area contributed by atoms with Gasteiger partial charge in [0, 0.05) is 6.92 Å².